The minimum absolute atomic E-state index is 0. The summed E-state index contributed by atoms with van der Waals surface area (Å²) in [6.45, 7) is 3.02. The lowest BCUT2D eigenvalue weighted by atomic mass is 9.87. The van der Waals surface area contributed by atoms with E-state index in [1.807, 2.05) is 60.4 Å². The van der Waals surface area contributed by atoms with Gasteiger partial charge in [0.15, 0.2) is 0 Å². The number of carbonyl (C=O) groups is 1. The highest BCUT2D eigenvalue weighted by molar-refractivity contribution is 6.31. The third-order valence-corrected chi connectivity index (χ3v) is 8.95. The molecule has 0 fully saturated rings. The van der Waals surface area contributed by atoms with Gasteiger partial charge in [-0.3, -0.25) is 19.8 Å². The second kappa shape index (κ2) is 12.5. The van der Waals surface area contributed by atoms with Crippen LogP contribution in [0.1, 0.15) is 53.8 Å². The average Bonchev–Trinajstić information content (AvgIpc) is 3.43. The predicted molar refractivity (Wildman–Crippen MR) is 168 cm³/mol. The topological polar surface area (TPSA) is 66.7 Å². The van der Waals surface area contributed by atoms with Gasteiger partial charge in [-0.15, -0.1) is 0 Å². The summed E-state index contributed by atoms with van der Waals surface area (Å²) in [5, 5.41) is 12.2. The van der Waals surface area contributed by atoms with E-state index >= 15 is 0 Å². The van der Waals surface area contributed by atoms with Gasteiger partial charge in [-0.1, -0.05) is 97.9 Å². The Morgan fingerprint density at radius 3 is 2.21 bits per heavy atom. The molecule has 2 aliphatic rings. The lowest BCUT2D eigenvalue weighted by Crippen LogP contribution is -2.53. The molecular weight excluding hydrogens is 546 g/mol. The molecule has 4 aromatic carbocycles. The van der Waals surface area contributed by atoms with Crippen LogP contribution in [0.25, 0.3) is 0 Å². The number of hydrogen-bond donors (Lipinski definition) is 0. The van der Waals surface area contributed by atoms with E-state index in [1.54, 1.807) is 12.1 Å². The van der Waals surface area contributed by atoms with Crippen molar-refractivity contribution in [1.82, 2.24) is 9.80 Å². The fourth-order valence-corrected chi connectivity index (χ4v) is 6.78. The Morgan fingerprint density at radius 2 is 1.55 bits per heavy atom. The maximum Gasteiger partial charge on any atom is 0.269 e. The number of nitro groups is 1. The first-order valence-electron chi connectivity index (χ1n) is 14.1. The third-order valence-electron chi connectivity index (χ3n) is 8.60. The fraction of sp³-hybridized carbons (Fsp3) is 0.286. The van der Waals surface area contributed by atoms with E-state index in [0.29, 0.717) is 11.6 Å². The number of nitro benzene ring substituents is 1. The van der Waals surface area contributed by atoms with Crippen molar-refractivity contribution in [2.45, 2.75) is 58.3 Å². The van der Waals surface area contributed by atoms with Crippen molar-refractivity contribution in [2.24, 2.45) is 0 Å². The monoisotopic (exact) mass is 581 g/mol. The summed E-state index contributed by atoms with van der Waals surface area (Å²) in [6.07, 6.45) is 2.37. The van der Waals surface area contributed by atoms with Crippen LogP contribution in [0.15, 0.2) is 97.1 Å². The highest BCUT2D eigenvalue weighted by atomic mass is 35.5. The molecule has 0 radical (unpaired) electrons. The fourth-order valence-electron chi connectivity index (χ4n) is 6.54. The lowest BCUT2D eigenvalue weighted by Gasteiger charge is -2.43. The second-order valence-electron chi connectivity index (χ2n) is 11.0. The largest absolute Gasteiger partial charge is 0.333 e. The zero-order valence-corrected chi connectivity index (χ0v) is 23.7. The molecule has 7 heteroatoms. The average molecular weight is 582 g/mol. The molecule has 1 amide bonds. The van der Waals surface area contributed by atoms with Gasteiger partial charge in [-0.2, -0.15) is 0 Å². The van der Waals surface area contributed by atoms with Crippen LogP contribution >= 0.6 is 11.6 Å². The van der Waals surface area contributed by atoms with Crippen molar-refractivity contribution < 1.29 is 9.72 Å². The SMILES string of the molecule is C.C[C@@H](C(=O)N(Cc1cccc([N+](=O)[O-])c1)C1Cc2ccccc2C1)N1CCc2ccccc2[C@@H]1c1ccccc1Cl. The van der Waals surface area contributed by atoms with Crippen LogP contribution in [0.3, 0.4) is 0 Å². The first-order chi connectivity index (χ1) is 19.9. The van der Waals surface area contributed by atoms with Crippen molar-refractivity contribution in [3.8, 4) is 0 Å². The molecule has 0 saturated heterocycles. The Kier molecular flexibility index (Phi) is 8.76. The van der Waals surface area contributed by atoms with Gasteiger partial charge in [-0.25, -0.2) is 0 Å². The normalized spacial score (nSPS) is 17.0. The smallest absolute Gasteiger partial charge is 0.269 e. The van der Waals surface area contributed by atoms with E-state index in [4.69, 9.17) is 11.6 Å². The highest BCUT2D eigenvalue weighted by Gasteiger charge is 2.39. The van der Waals surface area contributed by atoms with Gasteiger partial charge in [-0.05, 0) is 65.6 Å². The number of amides is 1. The first-order valence-corrected chi connectivity index (χ1v) is 14.5. The Labute approximate surface area is 252 Å². The molecule has 216 valence electrons. The summed E-state index contributed by atoms with van der Waals surface area (Å²) < 4.78 is 0. The third kappa shape index (κ3) is 5.69. The van der Waals surface area contributed by atoms with E-state index in [-0.39, 0.29) is 36.0 Å². The van der Waals surface area contributed by atoms with Crippen molar-refractivity contribution >= 4 is 23.2 Å². The summed E-state index contributed by atoms with van der Waals surface area (Å²) in [4.78, 5) is 29.9. The maximum absolute atomic E-state index is 14.6. The zero-order chi connectivity index (χ0) is 28.5. The molecule has 0 bridgehead atoms. The van der Waals surface area contributed by atoms with Gasteiger partial charge in [0.2, 0.25) is 5.91 Å². The van der Waals surface area contributed by atoms with Gasteiger partial charge < -0.3 is 4.90 Å². The van der Waals surface area contributed by atoms with Crippen LogP contribution in [0.4, 0.5) is 5.69 Å². The highest BCUT2D eigenvalue weighted by Crippen LogP contribution is 2.40. The standard InChI is InChI=1S/C34H32ClN3O3.CH4/c1-23(36-18-17-25-10-4-5-14-30(25)33(36)31-15-6-7-16-32(31)35)34(39)37(22-24-9-8-13-28(19-24)38(40)41)29-20-26-11-2-3-12-27(26)21-29;/h2-16,19,23,29,33H,17-18,20-22H2,1H3;1H4/t23-,33+;/m0./s1. The number of carbonyl (C=O) groups excluding carboxylic acids is 1. The minimum atomic E-state index is -0.438. The van der Waals surface area contributed by atoms with Crippen LogP contribution in [0, 0.1) is 10.1 Å². The molecular formula is C35H36ClN3O3. The zero-order valence-electron chi connectivity index (χ0n) is 22.9. The van der Waals surface area contributed by atoms with Crippen LogP contribution in [-0.2, 0) is 30.6 Å². The molecule has 4 aromatic rings. The number of rotatable bonds is 7. The van der Waals surface area contributed by atoms with Gasteiger partial charge in [0, 0.05) is 36.3 Å². The molecule has 1 aliphatic heterocycles. The predicted octanol–water partition coefficient (Wildman–Crippen LogP) is 7.42. The summed E-state index contributed by atoms with van der Waals surface area (Å²) in [7, 11) is 0. The van der Waals surface area contributed by atoms with Crippen molar-refractivity contribution in [3.05, 3.63) is 146 Å². The molecule has 6 nitrogen and oxygen atoms in total. The summed E-state index contributed by atoms with van der Waals surface area (Å²) in [6, 6.07) is 30.6. The van der Waals surface area contributed by atoms with Crippen molar-refractivity contribution in [3.63, 3.8) is 0 Å². The number of non-ortho nitro benzene ring substituents is 1. The molecule has 2 atom stereocenters. The van der Waals surface area contributed by atoms with Crippen LogP contribution in [0.2, 0.25) is 5.02 Å². The van der Waals surface area contributed by atoms with Gasteiger partial charge in [0.25, 0.3) is 5.69 Å². The molecule has 0 spiro atoms. The number of benzene rings is 4. The van der Waals surface area contributed by atoms with E-state index in [0.717, 1.165) is 36.9 Å². The Balaban J connectivity index is 0.00000353. The van der Waals surface area contributed by atoms with Crippen molar-refractivity contribution in [2.75, 3.05) is 6.54 Å². The second-order valence-corrected chi connectivity index (χ2v) is 11.4. The van der Waals surface area contributed by atoms with Gasteiger partial charge >= 0.3 is 0 Å². The molecule has 6 rings (SSSR count). The number of fused-ring (bicyclic) bond motifs is 2. The summed E-state index contributed by atoms with van der Waals surface area (Å²) in [5.74, 6) is 0.0192. The lowest BCUT2D eigenvalue weighted by molar-refractivity contribution is -0.384. The number of hydrogen-bond acceptors (Lipinski definition) is 4. The quantitative estimate of drug-likeness (QED) is 0.168. The molecule has 1 aliphatic carbocycles. The molecule has 0 saturated carbocycles. The van der Waals surface area contributed by atoms with E-state index in [9.17, 15) is 14.9 Å². The molecule has 1 heterocycles. The van der Waals surface area contributed by atoms with Crippen LogP contribution < -0.4 is 0 Å². The van der Waals surface area contributed by atoms with E-state index in [2.05, 4.69) is 35.2 Å². The summed E-state index contributed by atoms with van der Waals surface area (Å²) in [5.41, 5.74) is 6.72. The maximum atomic E-state index is 14.6. The summed E-state index contributed by atoms with van der Waals surface area (Å²) >= 11 is 6.76. The molecule has 0 N–H and O–H groups in total. The number of nitrogens with zero attached hydrogens (tertiary/aromatic N) is 3. The Hall–Kier alpha value is -4.00. The molecule has 42 heavy (non-hydrogen) atoms. The number of halogens is 1. The first kappa shape index (κ1) is 29.5. The molecule has 0 aromatic heterocycles. The van der Waals surface area contributed by atoms with Crippen LogP contribution in [0.5, 0.6) is 0 Å². The van der Waals surface area contributed by atoms with E-state index < -0.39 is 6.04 Å². The van der Waals surface area contributed by atoms with Gasteiger partial charge in [0.1, 0.15) is 0 Å². The minimum Gasteiger partial charge on any atom is -0.333 e. The van der Waals surface area contributed by atoms with Gasteiger partial charge in [0.05, 0.1) is 17.0 Å². The van der Waals surface area contributed by atoms with Crippen LogP contribution in [-0.4, -0.2) is 39.3 Å². The Morgan fingerprint density at radius 1 is 0.929 bits per heavy atom. The Bertz CT molecular complexity index is 1580. The molecule has 0 unspecified atom stereocenters. The van der Waals surface area contributed by atoms with E-state index in [1.165, 1.54) is 28.3 Å². The van der Waals surface area contributed by atoms with Crippen molar-refractivity contribution in [1.29, 1.82) is 0 Å².